The number of likely N-dealkylation sites (tertiary alicyclic amines) is 1. The van der Waals surface area contributed by atoms with Crippen LogP contribution in [0, 0.1) is 17.8 Å². The zero-order chi connectivity index (χ0) is 22.3. The fourth-order valence-electron chi connectivity index (χ4n) is 4.86. The van der Waals surface area contributed by atoms with Crippen molar-refractivity contribution in [2.75, 3.05) is 46.0 Å². The number of hydrogen-bond acceptors (Lipinski definition) is 5. The van der Waals surface area contributed by atoms with E-state index in [1.165, 1.54) is 5.56 Å². The molecule has 174 valence electrons. The lowest BCUT2D eigenvalue weighted by Gasteiger charge is -2.36. The van der Waals surface area contributed by atoms with Gasteiger partial charge in [0.2, 0.25) is 5.91 Å². The Labute approximate surface area is 192 Å². The number of piperidine rings is 1. The third kappa shape index (κ3) is 6.20. The molecule has 0 radical (unpaired) electrons. The highest BCUT2D eigenvalue weighted by Gasteiger charge is 2.32. The Balaban J connectivity index is 1.40. The number of carbonyl (C=O) groups excluding carboxylic acids is 1. The highest BCUT2D eigenvalue weighted by Crippen LogP contribution is 2.23. The lowest BCUT2D eigenvalue weighted by atomic mass is 9.95. The molecule has 0 saturated carbocycles. The number of carbonyl (C=O) groups is 1. The summed E-state index contributed by atoms with van der Waals surface area (Å²) < 4.78 is 11.4. The summed E-state index contributed by atoms with van der Waals surface area (Å²) in [5, 5.41) is 0. The van der Waals surface area contributed by atoms with Gasteiger partial charge in [-0.2, -0.15) is 0 Å². The van der Waals surface area contributed by atoms with Crippen LogP contribution in [0.1, 0.15) is 32.3 Å². The van der Waals surface area contributed by atoms with E-state index in [1.807, 2.05) is 11.0 Å². The number of benzene rings is 1. The van der Waals surface area contributed by atoms with E-state index in [-0.39, 0.29) is 23.8 Å². The third-order valence-corrected chi connectivity index (χ3v) is 6.36. The number of hydrogen-bond donors (Lipinski definition) is 0. The van der Waals surface area contributed by atoms with Gasteiger partial charge < -0.3 is 14.4 Å². The van der Waals surface area contributed by atoms with Gasteiger partial charge in [-0.1, -0.05) is 56.3 Å². The average molecular weight is 440 g/mol. The third-order valence-electron chi connectivity index (χ3n) is 6.36. The van der Waals surface area contributed by atoms with Crippen molar-refractivity contribution in [3.05, 3.63) is 48.0 Å². The Morgan fingerprint density at radius 1 is 1.22 bits per heavy atom. The molecule has 3 atom stereocenters. The summed E-state index contributed by atoms with van der Waals surface area (Å²) in [6, 6.07) is 10.5. The van der Waals surface area contributed by atoms with Crippen LogP contribution in [-0.2, 0) is 20.8 Å². The fourth-order valence-corrected chi connectivity index (χ4v) is 4.86. The first kappa shape index (κ1) is 23.0. The normalized spacial score (nSPS) is 26.1. The van der Waals surface area contributed by atoms with E-state index in [9.17, 15) is 4.79 Å². The van der Waals surface area contributed by atoms with E-state index in [2.05, 4.69) is 55.2 Å². The minimum atomic E-state index is -0.0499. The second-order valence-corrected chi connectivity index (χ2v) is 9.65. The first-order chi connectivity index (χ1) is 15.6. The summed E-state index contributed by atoms with van der Waals surface area (Å²) >= 11 is 0. The molecule has 0 aromatic heterocycles. The topological polar surface area (TPSA) is 54.4 Å². The van der Waals surface area contributed by atoms with Crippen LogP contribution in [-0.4, -0.2) is 73.6 Å². The molecule has 0 aliphatic carbocycles. The molecule has 4 rings (SSSR count). The van der Waals surface area contributed by atoms with E-state index in [0.29, 0.717) is 32.3 Å². The van der Waals surface area contributed by atoms with Crippen LogP contribution in [0.4, 0.5) is 0 Å². The van der Waals surface area contributed by atoms with Crippen molar-refractivity contribution in [3.8, 4) is 0 Å². The molecule has 32 heavy (non-hydrogen) atoms. The molecule has 1 amide bonds. The summed E-state index contributed by atoms with van der Waals surface area (Å²) in [5.41, 5.74) is 1.31. The maximum absolute atomic E-state index is 13.6. The predicted molar refractivity (Wildman–Crippen MR) is 126 cm³/mol. The van der Waals surface area contributed by atoms with Crippen LogP contribution >= 0.6 is 0 Å². The molecule has 1 aromatic carbocycles. The van der Waals surface area contributed by atoms with E-state index in [4.69, 9.17) is 14.5 Å². The van der Waals surface area contributed by atoms with E-state index >= 15 is 0 Å². The van der Waals surface area contributed by atoms with Gasteiger partial charge in [0.05, 0.1) is 31.1 Å². The first-order valence-corrected chi connectivity index (χ1v) is 12.1. The Bertz CT molecular complexity index is 808. The van der Waals surface area contributed by atoms with Crippen LogP contribution in [0.3, 0.4) is 0 Å². The number of aliphatic imine (C=N–C) groups is 1. The van der Waals surface area contributed by atoms with Crippen LogP contribution in [0.15, 0.2) is 47.5 Å². The van der Waals surface area contributed by atoms with Crippen molar-refractivity contribution >= 4 is 11.8 Å². The number of rotatable bonds is 7. The van der Waals surface area contributed by atoms with Crippen LogP contribution in [0.5, 0.6) is 0 Å². The first-order valence-electron chi connectivity index (χ1n) is 12.1. The summed E-state index contributed by atoms with van der Waals surface area (Å²) in [4.78, 5) is 22.9. The molecule has 2 saturated heterocycles. The van der Waals surface area contributed by atoms with E-state index < -0.39 is 0 Å². The molecular weight excluding hydrogens is 402 g/mol. The predicted octanol–water partition coefficient (Wildman–Crippen LogP) is 3.38. The second kappa shape index (κ2) is 11.1. The lowest BCUT2D eigenvalue weighted by molar-refractivity contribution is -0.138. The summed E-state index contributed by atoms with van der Waals surface area (Å²) in [6.07, 6.45) is 6.30. The molecule has 2 fully saturated rings. The molecule has 1 aromatic rings. The quantitative estimate of drug-likeness (QED) is 0.611. The summed E-state index contributed by atoms with van der Waals surface area (Å²) in [6.45, 7) is 10.3. The minimum Gasteiger partial charge on any atom is -0.478 e. The molecule has 3 heterocycles. The maximum atomic E-state index is 13.6. The number of amides is 1. The number of dihydropyridines is 1. The molecule has 0 N–H and O–H groups in total. The highest BCUT2D eigenvalue weighted by atomic mass is 16.5. The van der Waals surface area contributed by atoms with Crippen molar-refractivity contribution in [2.45, 2.75) is 39.3 Å². The SMILES string of the molecule is CC(C)CN(CC1C=CC2COCCOC2=N1)C(=O)C1CCCN(Cc2ccccc2)C1. The number of nitrogens with zero attached hydrogens (tertiary/aromatic N) is 3. The second-order valence-electron chi connectivity index (χ2n) is 9.65. The molecule has 3 unspecified atom stereocenters. The van der Waals surface area contributed by atoms with Gasteiger partial charge in [0.25, 0.3) is 0 Å². The fraction of sp³-hybridized carbons (Fsp3) is 0.615. The Hall–Kier alpha value is -2.18. The van der Waals surface area contributed by atoms with Gasteiger partial charge in [0, 0.05) is 26.2 Å². The number of ether oxygens (including phenoxy) is 2. The van der Waals surface area contributed by atoms with Crippen molar-refractivity contribution in [1.82, 2.24) is 9.80 Å². The van der Waals surface area contributed by atoms with Crippen molar-refractivity contribution in [3.63, 3.8) is 0 Å². The summed E-state index contributed by atoms with van der Waals surface area (Å²) in [5.74, 6) is 1.61. The molecular formula is C26H37N3O3. The van der Waals surface area contributed by atoms with Gasteiger partial charge in [-0.3, -0.25) is 9.69 Å². The molecule has 3 aliphatic rings. The van der Waals surface area contributed by atoms with Gasteiger partial charge in [-0.05, 0) is 30.9 Å². The zero-order valence-electron chi connectivity index (χ0n) is 19.5. The average Bonchev–Trinajstić information content (AvgIpc) is 3.04. The van der Waals surface area contributed by atoms with E-state index in [1.54, 1.807) is 0 Å². The van der Waals surface area contributed by atoms with Gasteiger partial charge >= 0.3 is 0 Å². The molecule has 6 nitrogen and oxygen atoms in total. The molecule has 0 bridgehead atoms. The van der Waals surface area contributed by atoms with Gasteiger partial charge in [-0.15, -0.1) is 0 Å². The Morgan fingerprint density at radius 2 is 2.06 bits per heavy atom. The standard InChI is InChI=1S/C26H37N3O3/c1-20(2)15-29(18-24-11-10-23-19-31-13-14-32-25(23)27-24)26(30)22-9-6-12-28(17-22)16-21-7-4-3-5-8-21/h3-5,7-8,10-11,20,22-24H,6,9,12-19H2,1-2H3. The molecule has 3 aliphatic heterocycles. The van der Waals surface area contributed by atoms with Crippen molar-refractivity contribution in [2.24, 2.45) is 22.7 Å². The molecule has 0 spiro atoms. The van der Waals surface area contributed by atoms with Crippen molar-refractivity contribution < 1.29 is 14.3 Å². The van der Waals surface area contributed by atoms with Crippen LogP contribution in [0.25, 0.3) is 0 Å². The van der Waals surface area contributed by atoms with Crippen LogP contribution < -0.4 is 0 Å². The van der Waals surface area contributed by atoms with Gasteiger partial charge in [0.15, 0.2) is 5.90 Å². The summed E-state index contributed by atoms with van der Waals surface area (Å²) in [7, 11) is 0. The van der Waals surface area contributed by atoms with E-state index in [0.717, 1.165) is 44.9 Å². The monoisotopic (exact) mass is 439 g/mol. The molecule has 6 heteroatoms. The Morgan fingerprint density at radius 3 is 2.88 bits per heavy atom. The largest absolute Gasteiger partial charge is 0.478 e. The zero-order valence-corrected chi connectivity index (χ0v) is 19.5. The highest BCUT2D eigenvalue weighted by molar-refractivity contribution is 5.82. The maximum Gasteiger partial charge on any atom is 0.227 e. The lowest BCUT2D eigenvalue weighted by Crippen LogP contribution is -2.47. The van der Waals surface area contributed by atoms with Crippen LogP contribution in [0.2, 0.25) is 0 Å². The van der Waals surface area contributed by atoms with Gasteiger partial charge in [-0.25, -0.2) is 4.99 Å². The Kier molecular flexibility index (Phi) is 7.98. The number of fused-ring (bicyclic) bond motifs is 1. The minimum absolute atomic E-state index is 0.0499. The van der Waals surface area contributed by atoms with Gasteiger partial charge in [0.1, 0.15) is 6.61 Å². The van der Waals surface area contributed by atoms with Crippen molar-refractivity contribution in [1.29, 1.82) is 0 Å². The smallest absolute Gasteiger partial charge is 0.227 e.